The Balaban J connectivity index is 1.59. The van der Waals surface area contributed by atoms with E-state index < -0.39 is 36.8 Å². The van der Waals surface area contributed by atoms with Crippen molar-refractivity contribution in [2.24, 2.45) is 0 Å². The SMILES string of the molecule is OCC1OC(c2ccc(Cl)c(Cc3cc(F)c4c(c3)OCCO4)c2)CC(O)C1O. The van der Waals surface area contributed by atoms with Gasteiger partial charge in [0.1, 0.15) is 25.4 Å². The average Bonchev–Trinajstić information content (AvgIpc) is 2.71. The summed E-state index contributed by atoms with van der Waals surface area (Å²) in [6, 6.07) is 8.46. The summed E-state index contributed by atoms with van der Waals surface area (Å²) in [4.78, 5) is 0. The number of fused-ring (bicyclic) bond motifs is 1. The first-order chi connectivity index (χ1) is 14.0. The summed E-state index contributed by atoms with van der Waals surface area (Å²) in [6.07, 6.45) is -2.95. The van der Waals surface area contributed by atoms with Crippen LogP contribution < -0.4 is 9.47 Å². The highest BCUT2D eigenvalue weighted by Gasteiger charge is 2.37. The number of aliphatic hydroxyl groups is 3. The molecule has 2 aromatic rings. The van der Waals surface area contributed by atoms with Crippen molar-refractivity contribution in [3.05, 3.63) is 57.9 Å². The smallest absolute Gasteiger partial charge is 0.197 e. The highest BCUT2D eigenvalue weighted by molar-refractivity contribution is 6.31. The Morgan fingerprint density at radius 2 is 1.90 bits per heavy atom. The van der Waals surface area contributed by atoms with Gasteiger partial charge in [-0.15, -0.1) is 0 Å². The van der Waals surface area contributed by atoms with Gasteiger partial charge in [-0.3, -0.25) is 0 Å². The third-order valence-electron chi connectivity index (χ3n) is 5.24. The second-order valence-corrected chi connectivity index (χ2v) is 7.68. The predicted octanol–water partition coefficient (Wildman–Crippen LogP) is 2.39. The van der Waals surface area contributed by atoms with Crippen LogP contribution in [0.2, 0.25) is 5.02 Å². The summed E-state index contributed by atoms with van der Waals surface area (Å²) in [5.41, 5.74) is 2.19. The maximum atomic E-state index is 14.3. The number of halogens is 2. The van der Waals surface area contributed by atoms with Gasteiger partial charge in [-0.25, -0.2) is 4.39 Å². The first-order valence-corrected chi connectivity index (χ1v) is 9.83. The maximum Gasteiger partial charge on any atom is 0.197 e. The molecule has 2 aliphatic heterocycles. The molecule has 0 aliphatic carbocycles. The van der Waals surface area contributed by atoms with Crippen LogP contribution in [0.5, 0.6) is 11.5 Å². The molecule has 4 rings (SSSR count). The highest BCUT2D eigenvalue weighted by atomic mass is 35.5. The van der Waals surface area contributed by atoms with Crippen LogP contribution in [0.15, 0.2) is 30.3 Å². The van der Waals surface area contributed by atoms with E-state index in [2.05, 4.69) is 0 Å². The van der Waals surface area contributed by atoms with Gasteiger partial charge in [-0.05, 0) is 41.3 Å². The first kappa shape index (κ1) is 20.4. The molecule has 0 spiro atoms. The van der Waals surface area contributed by atoms with Crippen molar-refractivity contribution in [3.8, 4) is 11.5 Å². The molecular weight excluding hydrogens is 403 g/mol. The lowest BCUT2D eigenvalue weighted by molar-refractivity contribution is -0.181. The molecule has 2 aromatic carbocycles. The highest BCUT2D eigenvalue weighted by Crippen LogP contribution is 2.37. The second-order valence-electron chi connectivity index (χ2n) is 7.27. The monoisotopic (exact) mass is 424 g/mol. The number of hydrogen-bond donors (Lipinski definition) is 3. The van der Waals surface area contributed by atoms with E-state index in [1.165, 1.54) is 6.07 Å². The topological polar surface area (TPSA) is 88.4 Å². The predicted molar refractivity (Wildman–Crippen MR) is 103 cm³/mol. The Hall–Kier alpha value is -1.90. The number of hydrogen-bond acceptors (Lipinski definition) is 6. The molecule has 0 saturated carbocycles. The normalized spacial score (nSPS) is 26.4. The van der Waals surface area contributed by atoms with E-state index in [-0.39, 0.29) is 12.2 Å². The molecule has 4 atom stereocenters. The quantitative estimate of drug-likeness (QED) is 0.698. The van der Waals surface area contributed by atoms with Gasteiger partial charge in [0.05, 0.1) is 18.8 Å². The van der Waals surface area contributed by atoms with Gasteiger partial charge in [0.2, 0.25) is 0 Å². The summed E-state index contributed by atoms with van der Waals surface area (Å²) >= 11 is 6.36. The summed E-state index contributed by atoms with van der Waals surface area (Å²) in [6.45, 7) is 0.283. The summed E-state index contributed by atoms with van der Waals surface area (Å²) in [7, 11) is 0. The van der Waals surface area contributed by atoms with Gasteiger partial charge in [0.25, 0.3) is 0 Å². The molecule has 0 aromatic heterocycles. The number of benzene rings is 2. The van der Waals surface area contributed by atoms with E-state index in [0.29, 0.717) is 36.0 Å². The van der Waals surface area contributed by atoms with Crippen LogP contribution in [0, 0.1) is 5.82 Å². The molecule has 2 aliphatic rings. The molecule has 29 heavy (non-hydrogen) atoms. The van der Waals surface area contributed by atoms with Crippen molar-refractivity contribution >= 4 is 11.6 Å². The lowest BCUT2D eigenvalue weighted by Crippen LogP contribution is -2.47. The molecule has 0 bridgehead atoms. The Morgan fingerprint density at radius 1 is 1.10 bits per heavy atom. The van der Waals surface area contributed by atoms with Crippen LogP contribution in [-0.4, -0.2) is 53.5 Å². The zero-order valence-electron chi connectivity index (χ0n) is 15.6. The first-order valence-electron chi connectivity index (χ1n) is 9.45. The van der Waals surface area contributed by atoms with Crippen LogP contribution in [0.4, 0.5) is 4.39 Å². The van der Waals surface area contributed by atoms with Gasteiger partial charge in [0, 0.05) is 11.4 Å². The van der Waals surface area contributed by atoms with Crippen LogP contribution >= 0.6 is 11.6 Å². The molecule has 3 N–H and O–H groups in total. The van der Waals surface area contributed by atoms with Crippen LogP contribution in [0.3, 0.4) is 0 Å². The summed E-state index contributed by atoms with van der Waals surface area (Å²) < 4.78 is 30.9. The lowest BCUT2D eigenvalue weighted by Gasteiger charge is -2.36. The van der Waals surface area contributed by atoms with Crippen LogP contribution in [-0.2, 0) is 11.2 Å². The zero-order chi connectivity index (χ0) is 20.5. The lowest BCUT2D eigenvalue weighted by atomic mass is 9.92. The third kappa shape index (κ3) is 4.20. The molecule has 1 saturated heterocycles. The van der Waals surface area contributed by atoms with Gasteiger partial charge >= 0.3 is 0 Å². The van der Waals surface area contributed by atoms with Crippen molar-refractivity contribution < 1.29 is 33.9 Å². The van der Waals surface area contributed by atoms with Crippen LogP contribution in [0.25, 0.3) is 0 Å². The van der Waals surface area contributed by atoms with Crippen molar-refractivity contribution in [1.82, 2.24) is 0 Å². The fourth-order valence-corrected chi connectivity index (χ4v) is 3.92. The number of ether oxygens (including phenoxy) is 3. The third-order valence-corrected chi connectivity index (χ3v) is 5.61. The fourth-order valence-electron chi connectivity index (χ4n) is 3.74. The van der Waals surface area contributed by atoms with E-state index in [1.54, 1.807) is 18.2 Å². The van der Waals surface area contributed by atoms with Gasteiger partial charge in [-0.2, -0.15) is 0 Å². The molecule has 156 valence electrons. The second kappa shape index (κ2) is 8.45. The number of rotatable bonds is 4. The molecule has 1 fully saturated rings. The summed E-state index contributed by atoms with van der Waals surface area (Å²) in [5, 5.41) is 29.9. The van der Waals surface area contributed by atoms with E-state index in [0.717, 1.165) is 11.1 Å². The minimum atomic E-state index is -1.14. The van der Waals surface area contributed by atoms with Crippen molar-refractivity contribution in [1.29, 1.82) is 0 Å². The molecule has 6 nitrogen and oxygen atoms in total. The Bertz CT molecular complexity index is 892. The largest absolute Gasteiger partial charge is 0.486 e. The molecular formula is C21H22ClFO6. The van der Waals surface area contributed by atoms with Gasteiger partial charge in [-0.1, -0.05) is 23.7 Å². The van der Waals surface area contributed by atoms with Crippen molar-refractivity contribution in [3.63, 3.8) is 0 Å². The van der Waals surface area contributed by atoms with Crippen molar-refractivity contribution in [2.75, 3.05) is 19.8 Å². The van der Waals surface area contributed by atoms with E-state index in [4.69, 9.17) is 25.8 Å². The average molecular weight is 425 g/mol. The molecule has 2 heterocycles. The molecule has 0 amide bonds. The van der Waals surface area contributed by atoms with E-state index in [9.17, 15) is 19.7 Å². The Labute approximate surface area is 172 Å². The Kier molecular flexibility index (Phi) is 5.94. The molecule has 4 unspecified atom stereocenters. The van der Waals surface area contributed by atoms with Crippen molar-refractivity contribution in [2.45, 2.75) is 37.3 Å². The van der Waals surface area contributed by atoms with E-state index >= 15 is 0 Å². The van der Waals surface area contributed by atoms with E-state index in [1.807, 2.05) is 6.07 Å². The van der Waals surface area contributed by atoms with Gasteiger partial charge < -0.3 is 29.5 Å². The fraction of sp³-hybridized carbons (Fsp3) is 0.429. The standard InChI is InChI=1S/C21H22ClFO6/c22-14-2-1-12(17-9-16(25)20(26)19(10-24)29-17)8-13(14)5-11-6-15(23)21-18(7-11)27-3-4-28-21/h1-2,6-8,16-17,19-20,24-26H,3-5,9-10H2. The summed E-state index contributed by atoms with van der Waals surface area (Å²) in [5.74, 6) is 0.0121. The minimum absolute atomic E-state index is 0.123. The maximum absolute atomic E-state index is 14.3. The minimum Gasteiger partial charge on any atom is -0.486 e. The van der Waals surface area contributed by atoms with Crippen LogP contribution in [0.1, 0.15) is 29.2 Å². The van der Waals surface area contributed by atoms with Gasteiger partial charge in [0.15, 0.2) is 17.3 Å². The number of aliphatic hydroxyl groups excluding tert-OH is 3. The molecule has 0 radical (unpaired) electrons. The zero-order valence-corrected chi connectivity index (χ0v) is 16.3. The molecule has 8 heteroatoms. The Morgan fingerprint density at radius 3 is 2.69 bits per heavy atom.